The van der Waals surface area contributed by atoms with Gasteiger partial charge in [-0.3, -0.25) is 14.5 Å². The van der Waals surface area contributed by atoms with Gasteiger partial charge < -0.3 is 10.6 Å². The van der Waals surface area contributed by atoms with Crippen LogP contribution in [0.25, 0.3) is 0 Å². The summed E-state index contributed by atoms with van der Waals surface area (Å²) in [5.41, 5.74) is 2.68. The van der Waals surface area contributed by atoms with Gasteiger partial charge in [-0.15, -0.1) is 0 Å². The molecule has 26 heavy (non-hydrogen) atoms. The Morgan fingerprint density at radius 2 is 1.96 bits per heavy atom. The van der Waals surface area contributed by atoms with Crippen LogP contribution < -0.4 is 10.6 Å². The highest BCUT2D eigenvalue weighted by molar-refractivity contribution is 7.08. The van der Waals surface area contributed by atoms with Crippen LogP contribution >= 0.6 is 11.3 Å². The average Bonchev–Trinajstić information content (AvgIpc) is 3.18. The van der Waals surface area contributed by atoms with E-state index in [1.807, 2.05) is 29.0 Å². The van der Waals surface area contributed by atoms with Gasteiger partial charge in [-0.2, -0.15) is 11.3 Å². The van der Waals surface area contributed by atoms with Gasteiger partial charge in [0.25, 0.3) is 5.91 Å². The molecule has 0 aliphatic carbocycles. The maximum Gasteiger partial charge on any atom is 0.252 e. The van der Waals surface area contributed by atoms with Crippen molar-refractivity contribution in [3.05, 3.63) is 52.2 Å². The highest BCUT2D eigenvalue weighted by Gasteiger charge is 2.07. The van der Waals surface area contributed by atoms with E-state index < -0.39 is 0 Å². The first-order chi connectivity index (χ1) is 12.6. The lowest BCUT2D eigenvalue weighted by atomic mass is 10.1. The second-order valence-corrected chi connectivity index (χ2v) is 6.86. The second kappa shape index (κ2) is 10.7. The van der Waals surface area contributed by atoms with Crippen LogP contribution in [0.2, 0.25) is 0 Å². The molecule has 6 heteroatoms. The number of amides is 2. The van der Waals surface area contributed by atoms with E-state index in [1.54, 1.807) is 6.07 Å². The van der Waals surface area contributed by atoms with E-state index in [0.29, 0.717) is 24.9 Å². The van der Waals surface area contributed by atoms with Crippen molar-refractivity contribution >= 4 is 28.8 Å². The fourth-order valence-corrected chi connectivity index (χ4v) is 3.26. The predicted molar refractivity (Wildman–Crippen MR) is 108 cm³/mol. The lowest BCUT2D eigenvalue weighted by molar-refractivity contribution is -0.116. The minimum Gasteiger partial charge on any atom is -0.352 e. The summed E-state index contributed by atoms with van der Waals surface area (Å²) in [4.78, 5) is 26.2. The zero-order valence-electron chi connectivity index (χ0n) is 15.5. The highest BCUT2D eigenvalue weighted by atomic mass is 32.1. The van der Waals surface area contributed by atoms with Gasteiger partial charge in [-0.25, -0.2) is 0 Å². The summed E-state index contributed by atoms with van der Waals surface area (Å²) in [7, 11) is 0. The van der Waals surface area contributed by atoms with E-state index >= 15 is 0 Å². The molecule has 2 amide bonds. The maximum atomic E-state index is 12.1. The maximum absolute atomic E-state index is 12.1. The average molecular weight is 374 g/mol. The van der Waals surface area contributed by atoms with Crippen LogP contribution in [-0.4, -0.2) is 36.3 Å². The zero-order chi connectivity index (χ0) is 18.8. The van der Waals surface area contributed by atoms with E-state index in [2.05, 4.69) is 35.4 Å². The van der Waals surface area contributed by atoms with Crippen molar-refractivity contribution in [3.8, 4) is 0 Å². The van der Waals surface area contributed by atoms with Gasteiger partial charge in [0.05, 0.1) is 0 Å². The van der Waals surface area contributed by atoms with Gasteiger partial charge in [-0.05, 0) is 48.7 Å². The van der Waals surface area contributed by atoms with Crippen LogP contribution in [0.4, 0.5) is 5.69 Å². The van der Waals surface area contributed by atoms with E-state index in [1.165, 1.54) is 16.9 Å². The normalized spacial score (nSPS) is 10.7. The van der Waals surface area contributed by atoms with Crippen molar-refractivity contribution in [2.45, 2.75) is 33.2 Å². The third-order valence-electron chi connectivity index (χ3n) is 4.16. The first-order valence-electron chi connectivity index (χ1n) is 9.04. The van der Waals surface area contributed by atoms with Crippen LogP contribution in [0.1, 0.15) is 42.6 Å². The molecule has 1 heterocycles. The van der Waals surface area contributed by atoms with E-state index in [4.69, 9.17) is 0 Å². The third kappa shape index (κ3) is 6.61. The molecule has 2 N–H and O–H groups in total. The number of nitrogens with one attached hydrogen (secondary N) is 2. The molecule has 0 saturated heterocycles. The van der Waals surface area contributed by atoms with Gasteiger partial charge in [0.1, 0.15) is 0 Å². The van der Waals surface area contributed by atoms with E-state index in [0.717, 1.165) is 25.3 Å². The summed E-state index contributed by atoms with van der Waals surface area (Å²) in [6.45, 7) is 7.67. The van der Waals surface area contributed by atoms with Gasteiger partial charge in [-0.1, -0.05) is 26.0 Å². The summed E-state index contributed by atoms with van der Waals surface area (Å²) in [5.74, 6) is -0.120. The summed E-state index contributed by atoms with van der Waals surface area (Å²) in [6.07, 6.45) is 0.991. The Hall–Kier alpha value is -2.18. The Morgan fingerprint density at radius 1 is 1.15 bits per heavy atom. The second-order valence-electron chi connectivity index (χ2n) is 6.08. The van der Waals surface area contributed by atoms with Crippen molar-refractivity contribution in [2.75, 3.05) is 25.0 Å². The molecule has 0 bridgehead atoms. The van der Waals surface area contributed by atoms with Gasteiger partial charge in [0.2, 0.25) is 5.91 Å². The van der Waals surface area contributed by atoms with Crippen LogP contribution in [0.5, 0.6) is 0 Å². The van der Waals surface area contributed by atoms with Crippen LogP contribution in [0.3, 0.4) is 0 Å². The number of anilines is 1. The Balaban J connectivity index is 1.73. The molecule has 1 aromatic heterocycles. The molecule has 140 valence electrons. The largest absolute Gasteiger partial charge is 0.352 e. The van der Waals surface area contributed by atoms with Crippen molar-refractivity contribution in [2.24, 2.45) is 0 Å². The number of hydrogen-bond donors (Lipinski definition) is 2. The topological polar surface area (TPSA) is 61.4 Å². The smallest absolute Gasteiger partial charge is 0.252 e. The van der Waals surface area contributed by atoms with Gasteiger partial charge in [0.15, 0.2) is 0 Å². The first kappa shape index (κ1) is 20.1. The van der Waals surface area contributed by atoms with E-state index in [9.17, 15) is 9.59 Å². The number of nitrogens with zero attached hydrogens (tertiary/aromatic N) is 1. The Labute approximate surface area is 159 Å². The van der Waals surface area contributed by atoms with Crippen molar-refractivity contribution in [1.82, 2.24) is 10.2 Å². The molecule has 5 nitrogen and oxygen atoms in total. The molecule has 1 aromatic carbocycles. The standard InChI is InChI=1S/C20H27N3O2S/c1-3-23(4-2)14-16-7-5-8-18(13-16)22-19(24)9-6-11-21-20(25)17-10-12-26-15-17/h5,7-8,10,12-13,15H,3-4,6,9,11,14H2,1-2H3,(H,21,25)(H,22,24). The first-order valence-corrected chi connectivity index (χ1v) is 9.98. The summed E-state index contributed by atoms with van der Waals surface area (Å²) >= 11 is 1.49. The lowest BCUT2D eigenvalue weighted by Gasteiger charge is -2.18. The molecule has 0 atom stereocenters. The quantitative estimate of drug-likeness (QED) is 0.624. The number of carbonyl (C=O) groups is 2. The van der Waals surface area contributed by atoms with Crippen LogP contribution in [-0.2, 0) is 11.3 Å². The predicted octanol–water partition coefficient (Wildman–Crippen LogP) is 3.74. The minimum atomic E-state index is -0.0873. The number of carbonyl (C=O) groups excluding carboxylic acids is 2. The number of thiophene rings is 1. The molecule has 0 unspecified atom stereocenters. The van der Waals surface area contributed by atoms with Crippen molar-refractivity contribution < 1.29 is 9.59 Å². The SMILES string of the molecule is CCN(CC)Cc1cccc(NC(=O)CCCNC(=O)c2ccsc2)c1. The van der Waals surface area contributed by atoms with Crippen LogP contribution in [0.15, 0.2) is 41.1 Å². The molecule has 0 saturated carbocycles. The Morgan fingerprint density at radius 3 is 2.65 bits per heavy atom. The van der Waals surface area contributed by atoms with Gasteiger partial charge in [0, 0.05) is 36.1 Å². The van der Waals surface area contributed by atoms with Crippen LogP contribution in [0, 0.1) is 0 Å². The molecule has 0 aliphatic heterocycles. The van der Waals surface area contributed by atoms with Gasteiger partial charge >= 0.3 is 0 Å². The molecular weight excluding hydrogens is 346 g/mol. The molecule has 0 spiro atoms. The van der Waals surface area contributed by atoms with Crippen molar-refractivity contribution in [3.63, 3.8) is 0 Å². The lowest BCUT2D eigenvalue weighted by Crippen LogP contribution is -2.25. The molecule has 0 radical (unpaired) electrons. The van der Waals surface area contributed by atoms with Crippen molar-refractivity contribution in [1.29, 1.82) is 0 Å². The third-order valence-corrected chi connectivity index (χ3v) is 4.84. The fraction of sp³-hybridized carbons (Fsp3) is 0.400. The Bertz CT molecular complexity index is 697. The number of rotatable bonds is 10. The zero-order valence-corrected chi connectivity index (χ0v) is 16.3. The summed E-state index contributed by atoms with van der Waals surface area (Å²) < 4.78 is 0. The monoisotopic (exact) mass is 373 g/mol. The molecule has 2 rings (SSSR count). The molecule has 0 fully saturated rings. The fourth-order valence-electron chi connectivity index (χ4n) is 2.62. The summed E-state index contributed by atoms with van der Waals surface area (Å²) in [6, 6.07) is 9.76. The van der Waals surface area contributed by atoms with E-state index in [-0.39, 0.29) is 11.8 Å². The number of benzene rings is 1. The minimum absolute atomic E-state index is 0.0326. The summed E-state index contributed by atoms with van der Waals surface area (Å²) in [5, 5.41) is 9.45. The Kier molecular flexibility index (Phi) is 8.31. The highest BCUT2D eigenvalue weighted by Crippen LogP contribution is 2.13. The molecule has 2 aromatic rings. The number of hydrogen-bond acceptors (Lipinski definition) is 4. The molecular formula is C20H27N3O2S. The molecule has 0 aliphatic rings.